The molecule has 0 radical (unpaired) electrons. The van der Waals surface area contributed by atoms with Gasteiger partial charge in [0.25, 0.3) is 5.91 Å². The fourth-order valence-electron chi connectivity index (χ4n) is 3.52. The summed E-state index contributed by atoms with van der Waals surface area (Å²) in [5.74, 6) is -0.762. The molecule has 1 unspecified atom stereocenters. The molecule has 34 heavy (non-hydrogen) atoms. The van der Waals surface area contributed by atoms with E-state index in [9.17, 15) is 23.2 Å². The van der Waals surface area contributed by atoms with E-state index in [1.807, 2.05) is 6.07 Å². The van der Waals surface area contributed by atoms with Crippen molar-refractivity contribution in [1.29, 1.82) is 0 Å². The van der Waals surface area contributed by atoms with Crippen LogP contribution in [0.4, 0.5) is 13.6 Å². The van der Waals surface area contributed by atoms with Crippen LogP contribution in [0.2, 0.25) is 0 Å². The molecule has 10 heteroatoms. The minimum atomic E-state index is -2.99. The van der Waals surface area contributed by atoms with E-state index in [0.717, 1.165) is 11.8 Å². The van der Waals surface area contributed by atoms with E-state index in [4.69, 9.17) is 4.74 Å². The summed E-state index contributed by atoms with van der Waals surface area (Å²) in [5, 5.41) is 4.99. The topological polar surface area (TPSA) is 106 Å². The second-order valence-corrected chi connectivity index (χ2v) is 8.56. The quantitative estimate of drug-likeness (QED) is 0.597. The molecule has 1 heterocycles. The summed E-state index contributed by atoms with van der Waals surface area (Å²) in [6.07, 6.45) is 0.760. The molecule has 3 rings (SSSR count). The molecule has 0 aliphatic carbocycles. The number of alkyl halides is 2. The average Bonchev–Trinajstić information content (AvgIpc) is 3.07. The number of aryl methyl sites for hydroxylation is 1. The first kappa shape index (κ1) is 24.8. The van der Waals surface area contributed by atoms with Crippen LogP contribution in [-0.4, -0.2) is 36.5 Å². The third-order valence-electron chi connectivity index (χ3n) is 4.85. The van der Waals surface area contributed by atoms with Crippen LogP contribution in [0.15, 0.2) is 53.5 Å². The second-order valence-electron chi connectivity index (χ2n) is 8.56. The molecular formula is C24H25F2N3O5. The van der Waals surface area contributed by atoms with Gasteiger partial charge in [0.2, 0.25) is 5.96 Å². The Morgan fingerprint density at radius 2 is 1.88 bits per heavy atom. The molecule has 8 nitrogen and oxygen atoms in total. The van der Waals surface area contributed by atoms with Crippen LogP contribution >= 0.6 is 0 Å². The molecule has 1 atom stereocenters. The van der Waals surface area contributed by atoms with Crippen molar-refractivity contribution < 1.29 is 32.6 Å². The number of aldehydes is 1. The molecule has 2 aromatic rings. The number of ether oxygens (including phenoxy) is 2. The molecule has 1 aliphatic heterocycles. The number of halogens is 2. The highest BCUT2D eigenvalue weighted by molar-refractivity contribution is 6.12. The predicted molar refractivity (Wildman–Crippen MR) is 120 cm³/mol. The minimum absolute atomic E-state index is 0.0804. The van der Waals surface area contributed by atoms with Gasteiger partial charge in [-0.2, -0.15) is 8.78 Å². The molecule has 0 saturated heterocycles. The Hall–Kier alpha value is -3.82. The van der Waals surface area contributed by atoms with Crippen molar-refractivity contribution in [3.8, 4) is 5.75 Å². The van der Waals surface area contributed by atoms with Crippen LogP contribution in [-0.2, 0) is 26.3 Å². The lowest BCUT2D eigenvalue weighted by atomic mass is 9.82. The van der Waals surface area contributed by atoms with E-state index in [1.165, 1.54) is 24.3 Å². The Morgan fingerprint density at radius 1 is 1.18 bits per heavy atom. The maximum absolute atomic E-state index is 13.3. The minimum Gasteiger partial charge on any atom is -0.444 e. The molecular weight excluding hydrogens is 448 g/mol. The zero-order chi connectivity index (χ0) is 24.9. The van der Waals surface area contributed by atoms with Gasteiger partial charge in [-0.1, -0.05) is 36.4 Å². The first-order chi connectivity index (χ1) is 16.0. The lowest BCUT2D eigenvalue weighted by molar-refractivity contribution is -0.122. The van der Waals surface area contributed by atoms with Crippen LogP contribution in [0.1, 0.15) is 43.9 Å². The van der Waals surface area contributed by atoms with Crippen LogP contribution in [0.25, 0.3) is 0 Å². The number of nitrogens with one attached hydrogen (secondary N) is 2. The summed E-state index contributed by atoms with van der Waals surface area (Å²) in [7, 11) is 0. The highest BCUT2D eigenvalue weighted by Crippen LogP contribution is 2.38. The molecule has 0 saturated carbocycles. The summed E-state index contributed by atoms with van der Waals surface area (Å²) in [6.45, 7) is 2.09. The number of alkyl carbamates (subject to hydrolysis) is 1. The smallest absolute Gasteiger partial charge is 0.414 e. The third-order valence-corrected chi connectivity index (χ3v) is 4.85. The van der Waals surface area contributed by atoms with Gasteiger partial charge in [0.15, 0.2) is 5.54 Å². The van der Waals surface area contributed by atoms with Crippen molar-refractivity contribution in [3.05, 3.63) is 65.2 Å². The summed E-state index contributed by atoms with van der Waals surface area (Å²) in [4.78, 5) is 40.9. The Kier molecular flexibility index (Phi) is 7.29. The SMILES string of the molecule is CC(C)(C)OC(=O)NC1=NC(c2ccc(OC(F)F)cc2)(c2cccc(CCC=O)c2)C(=O)N1. The molecule has 2 aromatic carbocycles. The molecule has 180 valence electrons. The predicted octanol–water partition coefficient (Wildman–Crippen LogP) is 3.67. The van der Waals surface area contributed by atoms with Crippen LogP contribution in [0.5, 0.6) is 5.75 Å². The molecule has 0 spiro atoms. The van der Waals surface area contributed by atoms with E-state index in [0.29, 0.717) is 24.0 Å². The largest absolute Gasteiger partial charge is 0.444 e. The van der Waals surface area contributed by atoms with E-state index < -0.39 is 29.8 Å². The summed E-state index contributed by atoms with van der Waals surface area (Å²) in [6, 6.07) is 12.5. The maximum atomic E-state index is 13.3. The van der Waals surface area contributed by atoms with Crippen LogP contribution in [0, 0.1) is 0 Å². The summed E-state index contributed by atoms with van der Waals surface area (Å²) in [5.41, 5.74) is -0.752. The van der Waals surface area contributed by atoms with Gasteiger partial charge in [-0.15, -0.1) is 0 Å². The normalized spacial score (nSPS) is 17.7. The zero-order valence-electron chi connectivity index (χ0n) is 18.9. The summed E-state index contributed by atoms with van der Waals surface area (Å²) < 4.78 is 34.8. The van der Waals surface area contributed by atoms with Crippen molar-refractivity contribution in [1.82, 2.24) is 10.6 Å². The van der Waals surface area contributed by atoms with Crippen molar-refractivity contribution in [2.45, 2.75) is 51.4 Å². The van der Waals surface area contributed by atoms with Crippen molar-refractivity contribution >= 4 is 24.2 Å². The fraction of sp³-hybridized carbons (Fsp3) is 0.333. The first-order valence-corrected chi connectivity index (χ1v) is 10.5. The van der Waals surface area contributed by atoms with E-state index in [1.54, 1.807) is 39.0 Å². The zero-order valence-corrected chi connectivity index (χ0v) is 18.9. The highest BCUT2D eigenvalue weighted by Gasteiger charge is 2.47. The van der Waals surface area contributed by atoms with Gasteiger partial charge >= 0.3 is 12.7 Å². The van der Waals surface area contributed by atoms with Crippen molar-refractivity contribution in [2.75, 3.05) is 0 Å². The standard InChI is InChI=1S/C24H25F2N3O5/c1-23(2,3)34-22(32)28-21-27-19(31)24(29-21,16-9-11-18(12-10-16)33-20(25)26)17-8-4-6-15(14-17)7-5-13-30/h4,6,8-14,20H,5,7H2,1-3H3,(H2,27,28,29,31,32). The Labute approximate surface area is 195 Å². The Bertz CT molecular complexity index is 1100. The number of hydrogen-bond donors (Lipinski definition) is 2. The number of amides is 2. The highest BCUT2D eigenvalue weighted by atomic mass is 19.3. The number of hydrogen-bond acceptors (Lipinski definition) is 6. The van der Waals surface area contributed by atoms with Gasteiger partial charge in [-0.05, 0) is 56.0 Å². The molecule has 2 N–H and O–H groups in total. The maximum Gasteiger partial charge on any atom is 0.414 e. The third kappa shape index (κ3) is 5.75. The molecule has 1 aliphatic rings. The fourth-order valence-corrected chi connectivity index (χ4v) is 3.52. The summed E-state index contributed by atoms with van der Waals surface area (Å²) >= 11 is 0. The van der Waals surface area contributed by atoms with Crippen LogP contribution < -0.4 is 15.4 Å². The Morgan fingerprint density at radius 3 is 2.50 bits per heavy atom. The number of nitrogens with zero attached hydrogens (tertiary/aromatic N) is 1. The molecule has 0 fully saturated rings. The molecule has 2 amide bonds. The van der Waals surface area contributed by atoms with Crippen molar-refractivity contribution in [3.63, 3.8) is 0 Å². The van der Waals surface area contributed by atoms with Crippen LogP contribution in [0.3, 0.4) is 0 Å². The Balaban J connectivity index is 2.05. The van der Waals surface area contributed by atoms with Crippen molar-refractivity contribution in [2.24, 2.45) is 4.99 Å². The van der Waals surface area contributed by atoms with Gasteiger partial charge in [0, 0.05) is 6.42 Å². The van der Waals surface area contributed by atoms with Gasteiger partial charge in [-0.3, -0.25) is 15.4 Å². The molecule has 0 aromatic heterocycles. The monoisotopic (exact) mass is 473 g/mol. The van der Waals surface area contributed by atoms with E-state index in [2.05, 4.69) is 20.4 Å². The first-order valence-electron chi connectivity index (χ1n) is 10.5. The number of rotatable bonds is 7. The number of carbonyl (C=O) groups excluding carboxylic acids is 3. The van der Waals surface area contributed by atoms with Gasteiger partial charge in [-0.25, -0.2) is 9.79 Å². The van der Waals surface area contributed by atoms with Gasteiger partial charge < -0.3 is 14.3 Å². The second kappa shape index (κ2) is 9.98. The lowest BCUT2D eigenvalue weighted by Gasteiger charge is -2.25. The lowest BCUT2D eigenvalue weighted by Crippen LogP contribution is -2.44. The van der Waals surface area contributed by atoms with Gasteiger partial charge in [0.05, 0.1) is 0 Å². The van der Waals surface area contributed by atoms with E-state index in [-0.39, 0.29) is 11.7 Å². The number of aliphatic imine (C=N–C) groups is 1. The number of carbonyl (C=O) groups is 3. The number of benzene rings is 2. The number of guanidine groups is 1. The van der Waals surface area contributed by atoms with Gasteiger partial charge in [0.1, 0.15) is 17.6 Å². The van der Waals surface area contributed by atoms with E-state index >= 15 is 0 Å². The average molecular weight is 473 g/mol. The molecule has 0 bridgehead atoms.